The smallest absolute Gasteiger partial charge is 0.0152 e. The van der Waals surface area contributed by atoms with Crippen molar-refractivity contribution in [3.8, 4) is 66.8 Å². The zero-order valence-corrected chi connectivity index (χ0v) is 62.9. The molecule has 0 fully saturated rings. The van der Waals surface area contributed by atoms with Crippen LogP contribution in [0.4, 0.5) is 0 Å². The molecule has 0 N–H and O–H groups in total. The molecule has 0 aromatic heterocycles. The van der Waals surface area contributed by atoms with Gasteiger partial charge < -0.3 is 0 Å². The summed E-state index contributed by atoms with van der Waals surface area (Å²) in [6.07, 6.45) is 9.82. The molecule has 0 unspecified atom stereocenters. The highest BCUT2D eigenvalue weighted by atomic mass is 14.1. The maximum Gasteiger partial charge on any atom is -0.0152 e. The van der Waals surface area contributed by atoms with Gasteiger partial charge in [0.1, 0.15) is 0 Å². The average Bonchev–Trinajstić information content (AvgIpc) is 3.55. The van der Waals surface area contributed by atoms with E-state index in [1.165, 1.54) is 117 Å². The second kappa shape index (κ2) is 56.0. The molecule has 0 nitrogen and oxygen atoms in total. The van der Waals surface area contributed by atoms with E-state index in [-0.39, 0.29) is 0 Å². The molecule has 492 valence electrons. The van der Waals surface area contributed by atoms with Gasteiger partial charge in [0.2, 0.25) is 0 Å². The topological polar surface area (TPSA) is 0 Å². The Kier molecular flexibility index (Phi) is 54.2. The molecule has 0 spiro atoms. The lowest BCUT2D eigenvalue weighted by Crippen LogP contribution is -1.91. The van der Waals surface area contributed by atoms with Crippen LogP contribution in [0.1, 0.15) is 237 Å². The summed E-state index contributed by atoms with van der Waals surface area (Å²) in [5.41, 5.74) is 28.4. The van der Waals surface area contributed by atoms with Crippen molar-refractivity contribution < 1.29 is 0 Å². The van der Waals surface area contributed by atoms with Crippen LogP contribution in [0.3, 0.4) is 0 Å². The van der Waals surface area contributed by atoms with Gasteiger partial charge in [0.05, 0.1) is 0 Å². The normalized spacial score (nSPS) is 9.23. The fourth-order valence-electron chi connectivity index (χ4n) is 9.61. The average molecular weight is 1210 g/mol. The highest BCUT2D eigenvalue weighted by Gasteiger charge is 2.09. The second-order valence-corrected chi connectivity index (χ2v) is 19.0. The van der Waals surface area contributed by atoms with Crippen molar-refractivity contribution in [3.05, 3.63) is 250 Å². The van der Waals surface area contributed by atoms with E-state index < -0.39 is 0 Å². The van der Waals surface area contributed by atoms with E-state index in [0.717, 1.165) is 57.8 Å². The Labute approximate surface area is 558 Å². The number of aryl methyl sites for hydroxylation is 9. The van der Waals surface area contributed by atoms with Crippen LogP contribution in [0.15, 0.2) is 200 Å². The largest absolute Gasteiger partial charge is 0.0683 e. The van der Waals surface area contributed by atoms with Crippen molar-refractivity contribution in [2.24, 2.45) is 0 Å². The van der Waals surface area contributed by atoms with E-state index in [4.69, 9.17) is 0 Å². The van der Waals surface area contributed by atoms with Gasteiger partial charge >= 0.3 is 0 Å². The lowest BCUT2D eigenvalue weighted by molar-refractivity contribution is 1.04. The van der Waals surface area contributed by atoms with Crippen LogP contribution in [0, 0.1) is 0 Å². The number of benzene rings is 9. The zero-order valence-electron chi connectivity index (χ0n) is 62.9. The molecule has 9 aromatic rings. The summed E-state index contributed by atoms with van der Waals surface area (Å²) in [7, 11) is 0. The molecular formula is C90H132. The molecule has 0 aliphatic carbocycles. The Morgan fingerprint density at radius 2 is 0.378 bits per heavy atom. The van der Waals surface area contributed by atoms with Crippen LogP contribution in [-0.2, 0) is 57.8 Å². The molecule has 0 aliphatic heterocycles. The third-order valence-electron chi connectivity index (χ3n) is 14.5. The van der Waals surface area contributed by atoms with Crippen LogP contribution >= 0.6 is 0 Å². The van der Waals surface area contributed by atoms with Gasteiger partial charge in [-0.25, -0.2) is 0 Å². The molecule has 0 saturated carbocycles. The van der Waals surface area contributed by atoms with Gasteiger partial charge in [-0.2, -0.15) is 0 Å². The Morgan fingerprint density at radius 1 is 0.144 bits per heavy atom. The third-order valence-corrected chi connectivity index (χ3v) is 14.5. The molecule has 0 saturated heterocycles. The van der Waals surface area contributed by atoms with Gasteiger partial charge in [-0.15, -0.1) is 0 Å². The lowest BCUT2D eigenvalue weighted by atomic mass is 9.94. The number of hydrogen-bond donors (Lipinski definition) is 0. The van der Waals surface area contributed by atoms with Gasteiger partial charge in [-0.05, 0) is 175 Å². The molecular weight excluding hydrogens is 1080 g/mol. The van der Waals surface area contributed by atoms with E-state index in [1.54, 1.807) is 0 Å². The van der Waals surface area contributed by atoms with Gasteiger partial charge in [-0.1, -0.05) is 387 Å². The van der Waals surface area contributed by atoms with Gasteiger partial charge in [0, 0.05) is 0 Å². The molecule has 0 atom stereocenters. The standard InChI is InChI=1S/3C24H26.9C2H6/c1-4-18-7-10-21(11-8-18)22-12-14-23(15-13-22)24-16-9-19(5-2)17-20(24)6-3;1-4-18-7-9-21(10-8-18)22-12-14-23(15-13-22)24-16-11-19(5-2)20(6-3)17-24;1-4-18-7-9-21(10-8-18)22-11-13-23(14-12-22)24-16-19(5-2)15-20(6-3)17-24;9*1-2/h3*7-17H,4-6H2,1-3H3;9*1-2H3. The Balaban J connectivity index is -0.00000112. The highest BCUT2D eigenvalue weighted by molar-refractivity contribution is 5.75. The fraction of sp³-hybridized carbons (Fsp3) is 0.400. The van der Waals surface area contributed by atoms with Crippen LogP contribution in [0.5, 0.6) is 0 Å². The molecule has 0 heterocycles. The van der Waals surface area contributed by atoms with Crippen LogP contribution < -0.4 is 0 Å². The van der Waals surface area contributed by atoms with Crippen LogP contribution in [0.25, 0.3) is 66.8 Å². The Hall–Kier alpha value is -7.02. The third kappa shape index (κ3) is 29.3. The predicted molar refractivity (Wildman–Crippen MR) is 418 cm³/mol. The monoisotopic (exact) mass is 1210 g/mol. The summed E-state index contributed by atoms with van der Waals surface area (Å²) in [6.45, 7) is 55.9. The van der Waals surface area contributed by atoms with Crippen molar-refractivity contribution in [3.63, 3.8) is 0 Å². The fourth-order valence-corrected chi connectivity index (χ4v) is 9.61. The molecule has 0 heteroatoms. The van der Waals surface area contributed by atoms with Crippen molar-refractivity contribution in [2.75, 3.05) is 0 Å². The van der Waals surface area contributed by atoms with Crippen LogP contribution in [0.2, 0.25) is 0 Å². The number of hydrogen-bond acceptors (Lipinski definition) is 0. The summed E-state index contributed by atoms with van der Waals surface area (Å²) < 4.78 is 0. The van der Waals surface area contributed by atoms with E-state index >= 15 is 0 Å². The van der Waals surface area contributed by atoms with Crippen molar-refractivity contribution in [1.82, 2.24) is 0 Å². The molecule has 0 amide bonds. The van der Waals surface area contributed by atoms with Crippen LogP contribution in [-0.4, -0.2) is 0 Å². The highest BCUT2D eigenvalue weighted by Crippen LogP contribution is 2.31. The SMILES string of the molecule is CC.CC.CC.CC.CC.CC.CC.CC.CC.CCc1ccc(-c2ccc(-c3cc(CC)cc(CC)c3)cc2)cc1.CCc1ccc(-c2ccc(-c3ccc(CC)c(CC)c3)cc2)cc1.CCc1ccc(-c2ccc(-c3ccc(CC)cc3CC)cc2)cc1. The Morgan fingerprint density at radius 3 is 0.656 bits per heavy atom. The summed E-state index contributed by atoms with van der Waals surface area (Å²) in [5, 5.41) is 0. The quantitative estimate of drug-likeness (QED) is 0.0960. The first-order chi connectivity index (χ1) is 44.2. The molecule has 0 aliphatic rings. The van der Waals surface area contributed by atoms with Crippen molar-refractivity contribution in [2.45, 2.75) is 245 Å². The van der Waals surface area contributed by atoms with Crippen molar-refractivity contribution in [1.29, 1.82) is 0 Å². The van der Waals surface area contributed by atoms with Gasteiger partial charge in [0.15, 0.2) is 0 Å². The zero-order chi connectivity index (χ0) is 68.8. The number of rotatable bonds is 15. The first-order valence-corrected chi connectivity index (χ1v) is 36.2. The lowest BCUT2D eigenvalue weighted by Gasteiger charge is -2.11. The first-order valence-electron chi connectivity index (χ1n) is 36.2. The first kappa shape index (κ1) is 87.2. The van der Waals surface area contributed by atoms with Crippen molar-refractivity contribution >= 4 is 0 Å². The van der Waals surface area contributed by atoms with E-state index in [1.807, 2.05) is 125 Å². The van der Waals surface area contributed by atoms with Gasteiger partial charge in [-0.3, -0.25) is 0 Å². The predicted octanol–water partition coefficient (Wildman–Crippen LogP) is 29.4. The molecule has 0 radical (unpaired) electrons. The summed E-state index contributed by atoms with van der Waals surface area (Å²) in [5.74, 6) is 0. The summed E-state index contributed by atoms with van der Waals surface area (Å²) >= 11 is 0. The molecule has 9 rings (SSSR count). The maximum absolute atomic E-state index is 2.35. The Bertz CT molecular complexity index is 3030. The van der Waals surface area contributed by atoms with E-state index in [9.17, 15) is 0 Å². The summed E-state index contributed by atoms with van der Waals surface area (Å²) in [6, 6.07) is 74.3. The van der Waals surface area contributed by atoms with E-state index in [0.29, 0.717) is 0 Å². The maximum atomic E-state index is 2.35. The minimum atomic E-state index is 1.07. The second-order valence-electron chi connectivity index (χ2n) is 19.0. The molecule has 9 aromatic carbocycles. The molecule has 0 bridgehead atoms. The molecule has 90 heavy (non-hydrogen) atoms. The summed E-state index contributed by atoms with van der Waals surface area (Å²) in [4.78, 5) is 0. The van der Waals surface area contributed by atoms with E-state index in [2.05, 4.69) is 263 Å². The van der Waals surface area contributed by atoms with Gasteiger partial charge in [0.25, 0.3) is 0 Å². The minimum Gasteiger partial charge on any atom is -0.0683 e. The minimum absolute atomic E-state index is 1.07.